The standard InChI is InChI=1S/C15H22BrNO3/c1-4-13(15(18)19)20-14-11(6-5-7-12(14)16)9-17-8-10(2)3/h5-7,10,13,17H,4,8-9H2,1-3H3,(H,18,19). The summed E-state index contributed by atoms with van der Waals surface area (Å²) in [6.07, 6.45) is -0.396. The molecule has 0 amide bonds. The summed E-state index contributed by atoms with van der Waals surface area (Å²) < 4.78 is 6.44. The Kier molecular flexibility index (Phi) is 7.02. The summed E-state index contributed by atoms with van der Waals surface area (Å²) in [4.78, 5) is 11.1. The zero-order valence-electron chi connectivity index (χ0n) is 12.1. The average molecular weight is 344 g/mol. The highest BCUT2D eigenvalue weighted by Gasteiger charge is 2.20. The van der Waals surface area contributed by atoms with Gasteiger partial charge in [-0.25, -0.2) is 4.79 Å². The predicted octanol–water partition coefficient (Wildman–Crippen LogP) is 3.44. The molecule has 0 fully saturated rings. The lowest BCUT2D eigenvalue weighted by Crippen LogP contribution is -2.27. The minimum Gasteiger partial charge on any atom is -0.479 e. The summed E-state index contributed by atoms with van der Waals surface area (Å²) in [5.41, 5.74) is 0.958. The average Bonchev–Trinajstić information content (AvgIpc) is 2.37. The van der Waals surface area contributed by atoms with Gasteiger partial charge in [0.1, 0.15) is 5.75 Å². The molecule has 1 rings (SSSR count). The number of carbonyl (C=O) groups is 1. The number of nitrogens with one attached hydrogen (secondary N) is 1. The molecule has 1 unspecified atom stereocenters. The van der Waals surface area contributed by atoms with Gasteiger partial charge < -0.3 is 15.2 Å². The number of ether oxygens (including phenoxy) is 1. The van der Waals surface area contributed by atoms with E-state index in [4.69, 9.17) is 9.84 Å². The normalized spacial score (nSPS) is 12.4. The summed E-state index contributed by atoms with van der Waals surface area (Å²) in [5, 5.41) is 12.5. The number of halogens is 1. The Hall–Kier alpha value is -1.07. The van der Waals surface area contributed by atoms with Gasteiger partial charge in [0.05, 0.1) is 4.47 Å². The van der Waals surface area contributed by atoms with Crippen LogP contribution in [0.5, 0.6) is 5.75 Å². The number of para-hydroxylation sites is 1. The molecule has 0 aromatic heterocycles. The summed E-state index contributed by atoms with van der Waals surface area (Å²) in [6.45, 7) is 7.64. The molecular formula is C15H22BrNO3. The fraction of sp³-hybridized carbons (Fsp3) is 0.533. The van der Waals surface area contributed by atoms with E-state index in [1.165, 1.54) is 0 Å². The van der Waals surface area contributed by atoms with E-state index in [0.717, 1.165) is 16.6 Å². The van der Waals surface area contributed by atoms with Crippen molar-refractivity contribution in [3.05, 3.63) is 28.2 Å². The van der Waals surface area contributed by atoms with Crippen molar-refractivity contribution >= 4 is 21.9 Å². The Morgan fingerprint density at radius 1 is 1.45 bits per heavy atom. The van der Waals surface area contributed by atoms with Gasteiger partial charge in [-0.3, -0.25) is 0 Å². The quantitative estimate of drug-likeness (QED) is 0.759. The first-order chi connectivity index (χ1) is 9.45. The molecule has 0 spiro atoms. The first-order valence-electron chi connectivity index (χ1n) is 6.83. The number of carboxylic acids is 1. The highest BCUT2D eigenvalue weighted by atomic mass is 79.9. The topological polar surface area (TPSA) is 58.6 Å². The van der Waals surface area contributed by atoms with Crippen LogP contribution in [0.4, 0.5) is 0 Å². The second-order valence-corrected chi connectivity index (χ2v) is 5.96. The van der Waals surface area contributed by atoms with Crippen molar-refractivity contribution in [1.29, 1.82) is 0 Å². The Labute approximate surface area is 128 Å². The van der Waals surface area contributed by atoms with Crippen molar-refractivity contribution in [3.63, 3.8) is 0 Å². The molecule has 1 atom stereocenters. The van der Waals surface area contributed by atoms with E-state index < -0.39 is 12.1 Å². The summed E-state index contributed by atoms with van der Waals surface area (Å²) >= 11 is 3.43. The number of rotatable bonds is 8. The first-order valence-corrected chi connectivity index (χ1v) is 7.62. The van der Waals surface area contributed by atoms with Crippen LogP contribution in [0.3, 0.4) is 0 Å². The second-order valence-electron chi connectivity index (χ2n) is 5.11. The molecule has 20 heavy (non-hydrogen) atoms. The van der Waals surface area contributed by atoms with Gasteiger partial charge in [0.25, 0.3) is 0 Å². The number of hydrogen-bond acceptors (Lipinski definition) is 3. The lowest BCUT2D eigenvalue weighted by molar-refractivity contribution is -0.145. The van der Waals surface area contributed by atoms with Crippen LogP contribution in [-0.2, 0) is 11.3 Å². The van der Waals surface area contributed by atoms with E-state index in [0.29, 0.717) is 24.6 Å². The molecule has 0 heterocycles. The molecule has 5 heteroatoms. The Balaban J connectivity index is 2.84. The molecule has 0 aliphatic carbocycles. The van der Waals surface area contributed by atoms with Crippen molar-refractivity contribution in [1.82, 2.24) is 5.32 Å². The Morgan fingerprint density at radius 2 is 2.15 bits per heavy atom. The van der Waals surface area contributed by atoms with Crippen molar-refractivity contribution < 1.29 is 14.6 Å². The molecule has 1 aromatic rings. The largest absolute Gasteiger partial charge is 0.479 e. The van der Waals surface area contributed by atoms with Crippen LogP contribution in [0.15, 0.2) is 22.7 Å². The van der Waals surface area contributed by atoms with E-state index in [2.05, 4.69) is 35.1 Å². The Morgan fingerprint density at radius 3 is 2.70 bits per heavy atom. The number of hydrogen-bond donors (Lipinski definition) is 2. The number of benzene rings is 1. The maximum atomic E-state index is 11.1. The molecule has 0 saturated carbocycles. The van der Waals surface area contributed by atoms with E-state index in [9.17, 15) is 4.79 Å². The van der Waals surface area contributed by atoms with Gasteiger partial charge in [-0.15, -0.1) is 0 Å². The maximum absolute atomic E-state index is 11.1. The fourth-order valence-corrected chi connectivity index (χ4v) is 2.27. The highest BCUT2D eigenvalue weighted by molar-refractivity contribution is 9.10. The van der Waals surface area contributed by atoms with Gasteiger partial charge in [0.15, 0.2) is 6.10 Å². The van der Waals surface area contributed by atoms with Gasteiger partial charge in [-0.2, -0.15) is 0 Å². The third-order valence-corrected chi connectivity index (χ3v) is 3.45. The summed E-state index contributed by atoms with van der Waals surface area (Å²) in [7, 11) is 0. The van der Waals surface area contributed by atoms with Crippen molar-refractivity contribution in [2.45, 2.75) is 39.8 Å². The van der Waals surface area contributed by atoms with Crippen LogP contribution in [0, 0.1) is 5.92 Å². The van der Waals surface area contributed by atoms with E-state index >= 15 is 0 Å². The highest BCUT2D eigenvalue weighted by Crippen LogP contribution is 2.30. The third-order valence-electron chi connectivity index (χ3n) is 2.82. The molecule has 0 radical (unpaired) electrons. The minimum atomic E-state index is -0.940. The van der Waals surface area contributed by atoms with Crippen LogP contribution < -0.4 is 10.1 Å². The van der Waals surface area contributed by atoms with Crippen LogP contribution in [0.2, 0.25) is 0 Å². The van der Waals surface area contributed by atoms with Crippen LogP contribution in [-0.4, -0.2) is 23.7 Å². The lowest BCUT2D eigenvalue weighted by Gasteiger charge is -2.18. The van der Waals surface area contributed by atoms with Crippen molar-refractivity contribution in [3.8, 4) is 5.75 Å². The van der Waals surface area contributed by atoms with E-state index in [-0.39, 0.29) is 0 Å². The van der Waals surface area contributed by atoms with Gasteiger partial charge in [-0.05, 0) is 40.9 Å². The fourth-order valence-electron chi connectivity index (χ4n) is 1.77. The predicted molar refractivity (Wildman–Crippen MR) is 83.0 cm³/mol. The molecule has 0 aliphatic heterocycles. The minimum absolute atomic E-state index is 0.426. The zero-order valence-corrected chi connectivity index (χ0v) is 13.7. The van der Waals surface area contributed by atoms with E-state index in [1.807, 2.05) is 18.2 Å². The van der Waals surface area contributed by atoms with Crippen LogP contribution in [0.25, 0.3) is 0 Å². The van der Waals surface area contributed by atoms with Gasteiger partial charge in [0, 0.05) is 12.1 Å². The molecule has 0 aliphatic rings. The van der Waals surface area contributed by atoms with Crippen LogP contribution in [0.1, 0.15) is 32.8 Å². The van der Waals surface area contributed by atoms with Crippen LogP contribution >= 0.6 is 15.9 Å². The molecule has 4 nitrogen and oxygen atoms in total. The number of carboxylic acid groups (broad SMARTS) is 1. The SMILES string of the molecule is CCC(Oc1c(Br)cccc1CNCC(C)C)C(=O)O. The third kappa shape index (κ3) is 5.13. The molecule has 2 N–H and O–H groups in total. The van der Waals surface area contributed by atoms with Gasteiger partial charge >= 0.3 is 5.97 Å². The second kappa shape index (κ2) is 8.27. The first kappa shape index (κ1) is 17.0. The summed E-state index contributed by atoms with van der Waals surface area (Å²) in [5.74, 6) is 0.233. The monoisotopic (exact) mass is 343 g/mol. The zero-order chi connectivity index (χ0) is 15.1. The molecule has 0 bridgehead atoms. The molecule has 112 valence electrons. The number of aliphatic carboxylic acids is 1. The van der Waals surface area contributed by atoms with Crippen molar-refractivity contribution in [2.75, 3.05) is 6.54 Å². The van der Waals surface area contributed by atoms with E-state index in [1.54, 1.807) is 6.92 Å². The lowest BCUT2D eigenvalue weighted by atomic mass is 10.1. The Bertz CT molecular complexity index is 449. The molecule has 1 aromatic carbocycles. The van der Waals surface area contributed by atoms with Gasteiger partial charge in [-0.1, -0.05) is 32.9 Å². The summed E-state index contributed by atoms with van der Waals surface area (Å²) in [6, 6.07) is 5.73. The smallest absolute Gasteiger partial charge is 0.344 e. The maximum Gasteiger partial charge on any atom is 0.344 e. The molecule has 0 saturated heterocycles. The molecular weight excluding hydrogens is 322 g/mol. The van der Waals surface area contributed by atoms with Gasteiger partial charge in [0.2, 0.25) is 0 Å². The van der Waals surface area contributed by atoms with Crippen molar-refractivity contribution in [2.24, 2.45) is 5.92 Å².